The van der Waals surface area contributed by atoms with Crippen LogP contribution in [0.1, 0.15) is 12.0 Å². The van der Waals surface area contributed by atoms with E-state index in [0.717, 1.165) is 0 Å². The standard InChI is InChI=1S/C19H27N5O7S/c20-11(9-32)16(27)22-13(7-15(21)26)18(29)23-12(6-10-4-2-1-3-5-10)17(28)24-14(8-25)19(30)31/h1-5,11-14,25,32H,6-9,20H2,(H2,21,26)(H,22,27)(H,23,29)(H,24,28)(H,30,31). The van der Waals surface area contributed by atoms with Gasteiger partial charge >= 0.3 is 5.97 Å². The summed E-state index contributed by atoms with van der Waals surface area (Å²) in [4.78, 5) is 60.0. The molecule has 4 amide bonds. The normalized spacial score (nSPS) is 14.3. The zero-order valence-electron chi connectivity index (χ0n) is 17.1. The highest BCUT2D eigenvalue weighted by molar-refractivity contribution is 7.80. The van der Waals surface area contributed by atoms with Gasteiger partial charge in [0.2, 0.25) is 23.6 Å². The van der Waals surface area contributed by atoms with Crippen molar-refractivity contribution >= 4 is 42.2 Å². The highest BCUT2D eigenvalue weighted by Crippen LogP contribution is 2.05. The van der Waals surface area contributed by atoms with Crippen molar-refractivity contribution in [2.24, 2.45) is 11.5 Å². The molecule has 0 radical (unpaired) electrons. The first-order chi connectivity index (χ1) is 15.1. The molecule has 0 saturated carbocycles. The number of nitrogens with two attached hydrogens (primary N) is 2. The van der Waals surface area contributed by atoms with E-state index < -0.39 is 66.8 Å². The molecule has 9 N–H and O–H groups in total. The number of carboxylic acid groups (broad SMARTS) is 1. The van der Waals surface area contributed by atoms with Crippen LogP contribution in [0.25, 0.3) is 0 Å². The van der Waals surface area contributed by atoms with Gasteiger partial charge in [0.1, 0.15) is 18.1 Å². The molecule has 12 nitrogen and oxygen atoms in total. The lowest BCUT2D eigenvalue weighted by molar-refractivity contribution is -0.143. The van der Waals surface area contributed by atoms with Crippen molar-refractivity contribution in [3.63, 3.8) is 0 Å². The van der Waals surface area contributed by atoms with Crippen molar-refractivity contribution in [1.29, 1.82) is 0 Å². The van der Waals surface area contributed by atoms with Gasteiger partial charge in [0.25, 0.3) is 0 Å². The van der Waals surface area contributed by atoms with Crippen LogP contribution in [0, 0.1) is 0 Å². The summed E-state index contributed by atoms with van der Waals surface area (Å²) in [5, 5.41) is 25.0. The molecule has 1 aromatic carbocycles. The van der Waals surface area contributed by atoms with Crippen LogP contribution in [0.4, 0.5) is 0 Å². The fourth-order valence-electron chi connectivity index (χ4n) is 2.56. The minimum atomic E-state index is -1.59. The fraction of sp³-hybridized carbons (Fsp3) is 0.421. The van der Waals surface area contributed by atoms with E-state index in [1.807, 2.05) is 0 Å². The van der Waals surface area contributed by atoms with Gasteiger partial charge in [-0.05, 0) is 5.56 Å². The summed E-state index contributed by atoms with van der Waals surface area (Å²) in [6, 6.07) is 3.16. The molecule has 1 aromatic rings. The Morgan fingerprint density at radius 2 is 1.44 bits per heavy atom. The van der Waals surface area contributed by atoms with Gasteiger partial charge in [-0.1, -0.05) is 30.3 Å². The molecule has 0 bridgehead atoms. The molecule has 0 aliphatic carbocycles. The number of thiol groups is 1. The van der Waals surface area contributed by atoms with Crippen LogP contribution in [-0.4, -0.2) is 76.3 Å². The topological polar surface area (TPSA) is 214 Å². The van der Waals surface area contributed by atoms with Crippen molar-refractivity contribution in [3.05, 3.63) is 35.9 Å². The average molecular weight is 470 g/mol. The van der Waals surface area contributed by atoms with Crippen LogP contribution in [-0.2, 0) is 30.4 Å². The maximum Gasteiger partial charge on any atom is 0.328 e. The third kappa shape index (κ3) is 8.91. The number of nitrogens with one attached hydrogen (secondary N) is 3. The SMILES string of the molecule is NC(=O)CC(NC(=O)C(N)CS)C(=O)NC(Cc1ccccc1)C(=O)NC(CO)C(=O)O. The molecule has 0 spiro atoms. The highest BCUT2D eigenvalue weighted by atomic mass is 32.1. The number of aliphatic hydroxyl groups excluding tert-OH is 1. The molecular weight excluding hydrogens is 442 g/mol. The molecule has 0 aliphatic rings. The lowest BCUT2D eigenvalue weighted by atomic mass is 10.0. The van der Waals surface area contributed by atoms with Crippen LogP contribution in [0.15, 0.2) is 30.3 Å². The van der Waals surface area contributed by atoms with Gasteiger partial charge in [0.15, 0.2) is 0 Å². The van der Waals surface area contributed by atoms with E-state index >= 15 is 0 Å². The molecule has 4 atom stereocenters. The summed E-state index contributed by atoms with van der Waals surface area (Å²) < 4.78 is 0. The number of aliphatic hydroxyl groups is 1. The van der Waals surface area contributed by atoms with Gasteiger partial charge in [-0.25, -0.2) is 4.79 Å². The Hall–Kier alpha value is -3.16. The minimum Gasteiger partial charge on any atom is -0.480 e. The van der Waals surface area contributed by atoms with Gasteiger partial charge in [-0.2, -0.15) is 12.6 Å². The van der Waals surface area contributed by atoms with Gasteiger partial charge in [-0.3, -0.25) is 19.2 Å². The maximum atomic E-state index is 12.8. The first-order valence-corrected chi connectivity index (χ1v) is 10.2. The van der Waals surface area contributed by atoms with Crippen molar-refractivity contribution in [1.82, 2.24) is 16.0 Å². The Kier molecular flexibility index (Phi) is 11.2. The molecule has 13 heteroatoms. The molecule has 176 valence electrons. The van der Waals surface area contributed by atoms with Crippen LogP contribution in [0.3, 0.4) is 0 Å². The van der Waals surface area contributed by atoms with Gasteiger partial charge in [0.05, 0.1) is 19.1 Å². The van der Waals surface area contributed by atoms with Crippen LogP contribution >= 0.6 is 12.6 Å². The second-order valence-corrected chi connectivity index (χ2v) is 7.22. The van der Waals surface area contributed by atoms with E-state index in [2.05, 4.69) is 28.6 Å². The zero-order chi connectivity index (χ0) is 24.3. The van der Waals surface area contributed by atoms with E-state index in [1.165, 1.54) is 0 Å². The summed E-state index contributed by atoms with van der Waals surface area (Å²) in [7, 11) is 0. The third-order valence-electron chi connectivity index (χ3n) is 4.28. The average Bonchev–Trinajstić information content (AvgIpc) is 2.75. The molecule has 1 rings (SSSR count). The van der Waals surface area contributed by atoms with Gasteiger partial charge < -0.3 is 37.6 Å². The van der Waals surface area contributed by atoms with Crippen molar-refractivity contribution in [2.45, 2.75) is 37.0 Å². The van der Waals surface area contributed by atoms with E-state index in [-0.39, 0.29) is 12.2 Å². The van der Waals surface area contributed by atoms with Crippen LogP contribution in [0.2, 0.25) is 0 Å². The molecule has 0 saturated heterocycles. The molecule has 32 heavy (non-hydrogen) atoms. The number of hydrogen-bond acceptors (Lipinski definition) is 8. The first kappa shape index (κ1) is 26.9. The number of carboxylic acids is 1. The van der Waals surface area contributed by atoms with Crippen LogP contribution in [0.5, 0.6) is 0 Å². The number of carbonyl (C=O) groups is 5. The number of amides is 4. The van der Waals surface area contributed by atoms with E-state index in [1.54, 1.807) is 30.3 Å². The lowest BCUT2D eigenvalue weighted by Gasteiger charge is -2.24. The Balaban J connectivity index is 3.08. The quantitative estimate of drug-likeness (QED) is 0.138. The molecule has 0 aromatic heterocycles. The predicted octanol–water partition coefficient (Wildman–Crippen LogP) is -3.11. The second kappa shape index (κ2) is 13.3. The number of rotatable bonds is 13. The second-order valence-electron chi connectivity index (χ2n) is 6.85. The Labute approximate surface area is 189 Å². The smallest absolute Gasteiger partial charge is 0.328 e. The third-order valence-corrected chi connectivity index (χ3v) is 4.68. The van der Waals surface area contributed by atoms with Crippen LogP contribution < -0.4 is 27.4 Å². The number of benzene rings is 1. The molecule has 0 fully saturated rings. The minimum absolute atomic E-state index is 0.0203. The molecule has 4 unspecified atom stereocenters. The van der Waals surface area contributed by atoms with Crippen molar-refractivity contribution in [3.8, 4) is 0 Å². The van der Waals surface area contributed by atoms with Crippen molar-refractivity contribution < 1.29 is 34.2 Å². The fourth-order valence-corrected chi connectivity index (χ4v) is 2.73. The van der Waals surface area contributed by atoms with Crippen molar-refractivity contribution in [2.75, 3.05) is 12.4 Å². The monoisotopic (exact) mass is 469 g/mol. The Morgan fingerprint density at radius 1 is 0.906 bits per heavy atom. The number of aliphatic carboxylic acids is 1. The number of primary amides is 1. The van der Waals surface area contributed by atoms with Gasteiger partial charge in [0, 0.05) is 12.2 Å². The predicted molar refractivity (Wildman–Crippen MR) is 116 cm³/mol. The van der Waals surface area contributed by atoms with E-state index in [9.17, 15) is 24.0 Å². The largest absolute Gasteiger partial charge is 0.480 e. The Bertz CT molecular complexity index is 824. The summed E-state index contributed by atoms with van der Waals surface area (Å²) in [6.45, 7) is -0.866. The first-order valence-electron chi connectivity index (χ1n) is 9.52. The summed E-state index contributed by atoms with van der Waals surface area (Å²) in [6.07, 6.45) is -0.603. The molecular formula is C19H27N5O7S. The van der Waals surface area contributed by atoms with Gasteiger partial charge in [-0.15, -0.1) is 0 Å². The summed E-state index contributed by atoms with van der Waals surface area (Å²) in [5.41, 5.74) is 11.4. The summed E-state index contributed by atoms with van der Waals surface area (Å²) >= 11 is 3.89. The van der Waals surface area contributed by atoms with E-state index in [4.69, 9.17) is 21.7 Å². The van der Waals surface area contributed by atoms with E-state index in [0.29, 0.717) is 5.56 Å². The Morgan fingerprint density at radius 3 is 1.94 bits per heavy atom. The summed E-state index contributed by atoms with van der Waals surface area (Å²) in [5.74, 6) is -4.93. The lowest BCUT2D eigenvalue weighted by Crippen LogP contribution is -2.58. The highest BCUT2D eigenvalue weighted by Gasteiger charge is 2.31. The zero-order valence-corrected chi connectivity index (χ0v) is 18.0. The number of carbonyl (C=O) groups excluding carboxylic acids is 4. The maximum absolute atomic E-state index is 12.8. The molecule has 0 aliphatic heterocycles. The number of hydrogen-bond donors (Lipinski definition) is 8. The molecule has 0 heterocycles.